The van der Waals surface area contributed by atoms with Crippen molar-refractivity contribution in [3.05, 3.63) is 53.9 Å². The topological polar surface area (TPSA) is 80.5 Å². The number of anilines is 1. The summed E-state index contributed by atoms with van der Waals surface area (Å²) in [5.74, 6) is 0.774. The van der Waals surface area contributed by atoms with Crippen molar-refractivity contribution in [3.8, 4) is 28.5 Å². The SMILES string of the molecule is Cn1cc(-c2cc(C3CC3)nc(N)c2C#N)c(-c2ccccc2)n1. The molecule has 0 radical (unpaired) electrons. The number of aromatic nitrogens is 3. The lowest BCUT2D eigenvalue weighted by molar-refractivity contribution is 0.771. The van der Waals surface area contributed by atoms with E-state index in [0.717, 1.165) is 40.9 Å². The van der Waals surface area contributed by atoms with Gasteiger partial charge in [-0.2, -0.15) is 10.4 Å². The second kappa shape index (κ2) is 5.50. The molecule has 1 aliphatic rings. The van der Waals surface area contributed by atoms with Crippen molar-refractivity contribution in [2.24, 2.45) is 7.05 Å². The third kappa shape index (κ3) is 2.42. The fourth-order valence-electron chi connectivity index (χ4n) is 3.00. The van der Waals surface area contributed by atoms with Crippen molar-refractivity contribution >= 4 is 5.82 Å². The molecular weight excluding hydrogens is 298 g/mol. The molecule has 24 heavy (non-hydrogen) atoms. The van der Waals surface area contributed by atoms with Crippen molar-refractivity contribution < 1.29 is 0 Å². The van der Waals surface area contributed by atoms with Crippen LogP contribution >= 0.6 is 0 Å². The lowest BCUT2D eigenvalue weighted by atomic mass is 9.97. The summed E-state index contributed by atoms with van der Waals surface area (Å²) in [6.07, 6.45) is 4.21. The zero-order chi connectivity index (χ0) is 16.7. The van der Waals surface area contributed by atoms with Crippen LogP contribution in [0.2, 0.25) is 0 Å². The molecule has 0 bridgehead atoms. The highest BCUT2D eigenvalue weighted by molar-refractivity contribution is 5.85. The summed E-state index contributed by atoms with van der Waals surface area (Å²) in [5, 5.41) is 14.2. The molecule has 0 aliphatic heterocycles. The minimum absolute atomic E-state index is 0.305. The predicted molar refractivity (Wildman–Crippen MR) is 93.0 cm³/mol. The summed E-state index contributed by atoms with van der Waals surface area (Å²) >= 11 is 0. The lowest BCUT2D eigenvalue weighted by Gasteiger charge is -2.09. The molecule has 0 amide bonds. The zero-order valence-corrected chi connectivity index (χ0v) is 13.4. The van der Waals surface area contributed by atoms with Crippen LogP contribution in [-0.4, -0.2) is 14.8 Å². The Morgan fingerprint density at radius 3 is 2.62 bits per heavy atom. The van der Waals surface area contributed by atoms with Crippen LogP contribution in [0.1, 0.15) is 30.0 Å². The van der Waals surface area contributed by atoms with E-state index in [4.69, 9.17) is 5.73 Å². The molecule has 0 spiro atoms. The van der Waals surface area contributed by atoms with E-state index >= 15 is 0 Å². The summed E-state index contributed by atoms with van der Waals surface area (Å²) in [6.45, 7) is 0. The van der Waals surface area contributed by atoms with Crippen LogP contribution in [0, 0.1) is 11.3 Å². The Hall–Kier alpha value is -3.13. The standard InChI is InChI=1S/C19H17N5/c1-24-11-16(18(23-24)13-5-3-2-4-6-13)14-9-17(12-7-8-12)22-19(21)15(14)10-20/h2-6,9,11-12H,7-8H2,1H3,(H2,21,22). The first-order valence-corrected chi connectivity index (χ1v) is 7.97. The minimum atomic E-state index is 0.305. The van der Waals surface area contributed by atoms with Gasteiger partial charge in [0.2, 0.25) is 0 Å². The van der Waals surface area contributed by atoms with Gasteiger partial charge < -0.3 is 5.73 Å². The van der Waals surface area contributed by atoms with Crippen LogP contribution in [0.3, 0.4) is 0 Å². The van der Waals surface area contributed by atoms with Gasteiger partial charge in [0.25, 0.3) is 0 Å². The summed E-state index contributed by atoms with van der Waals surface area (Å²) < 4.78 is 1.77. The molecule has 0 saturated heterocycles. The minimum Gasteiger partial charge on any atom is -0.383 e. The number of rotatable bonds is 3. The lowest BCUT2D eigenvalue weighted by Crippen LogP contribution is -2.01. The maximum absolute atomic E-state index is 9.58. The van der Waals surface area contributed by atoms with E-state index < -0.39 is 0 Å². The highest BCUT2D eigenvalue weighted by atomic mass is 15.3. The van der Waals surface area contributed by atoms with E-state index in [2.05, 4.69) is 16.2 Å². The Balaban J connectivity index is 1.95. The molecule has 2 N–H and O–H groups in total. The zero-order valence-electron chi connectivity index (χ0n) is 13.4. The monoisotopic (exact) mass is 315 g/mol. The van der Waals surface area contributed by atoms with Crippen molar-refractivity contribution in [1.82, 2.24) is 14.8 Å². The molecule has 5 heteroatoms. The molecule has 1 saturated carbocycles. The van der Waals surface area contributed by atoms with E-state index in [1.54, 1.807) is 4.68 Å². The normalized spacial score (nSPS) is 13.7. The number of pyridine rings is 1. The molecule has 2 heterocycles. The fourth-order valence-corrected chi connectivity index (χ4v) is 3.00. The second-order valence-electron chi connectivity index (χ2n) is 6.17. The van der Waals surface area contributed by atoms with Gasteiger partial charge in [0.1, 0.15) is 23.1 Å². The van der Waals surface area contributed by atoms with Crippen LogP contribution in [0.5, 0.6) is 0 Å². The molecule has 1 fully saturated rings. The van der Waals surface area contributed by atoms with E-state index in [-0.39, 0.29) is 0 Å². The van der Waals surface area contributed by atoms with Gasteiger partial charge in [0.05, 0.1) is 0 Å². The Morgan fingerprint density at radius 1 is 1.21 bits per heavy atom. The molecular formula is C19H17N5. The third-order valence-electron chi connectivity index (χ3n) is 4.34. The van der Waals surface area contributed by atoms with E-state index in [1.807, 2.05) is 49.6 Å². The molecule has 2 aromatic heterocycles. The van der Waals surface area contributed by atoms with Crippen molar-refractivity contribution in [2.75, 3.05) is 5.73 Å². The molecule has 0 unspecified atom stereocenters. The van der Waals surface area contributed by atoms with E-state index in [1.165, 1.54) is 0 Å². The van der Waals surface area contributed by atoms with Crippen molar-refractivity contribution in [1.29, 1.82) is 5.26 Å². The third-order valence-corrected chi connectivity index (χ3v) is 4.34. The molecule has 3 aromatic rings. The van der Waals surface area contributed by atoms with Gasteiger partial charge in [-0.25, -0.2) is 4.98 Å². The van der Waals surface area contributed by atoms with E-state index in [0.29, 0.717) is 17.3 Å². The van der Waals surface area contributed by atoms with Crippen LogP contribution in [0.25, 0.3) is 22.4 Å². The number of benzene rings is 1. The average molecular weight is 315 g/mol. The summed E-state index contributed by atoms with van der Waals surface area (Å²) in [5.41, 5.74) is 11.1. The van der Waals surface area contributed by atoms with Gasteiger partial charge in [-0.1, -0.05) is 30.3 Å². The van der Waals surface area contributed by atoms with Crippen LogP contribution < -0.4 is 5.73 Å². The van der Waals surface area contributed by atoms with Crippen LogP contribution in [0.15, 0.2) is 42.6 Å². The van der Waals surface area contributed by atoms with Crippen molar-refractivity contribution in [3.63, 3.8) is 0 Å². The number of hydrogen-bond donors (Lipinski definition) is 1. The maximum Gasteiger partial charge on any atom is 0.142 e. The Morgan fingerprint density at radius 2 is 1.96 bits per heavy atom. The Bertz CT molecular complexity index is 946. The largest absolute Gasteiger partial charge is 0.383 e. The molecule has 1 aromatic carbocycles. The summed E-state index contributed by atoms with van der Waals surface area (Å²) in [7, 11) is 1.88. The highest BCUT2D eigenvalue weighted by Gasteiger charge is 2.28. The van der Waals surface area contributed by atoms with Crippen LogP contribution in [0.4, 0.5) is 5.82 Å². The predicted octanol–water partition coefficient (Wildman–Crippen LogP) is 3.48. The maximum atomic E-state index is 9.58. The second-order valence-corrected chi connectivity index (χ2v) is 6.17. The first-order valence-electron chi connectivity index (χ1n) is 7.97. The van der Waals surface area contributed by atoms with Crippen LogP contribution in [-0.2, 0) is 7.05 Å². The fraction of sp³-hybridized carbons (Fsp3) is 0.211. The number of hydrogen-bond acceptors (Lipinski definition) is 4. The smallest absolute Gasteiger partial charge is 0.142 e. The number of nitrogen functional groups attached to an aromatic ring is 1. The number of nitriles is 1. The van der Waals surface area contributed by atoms with Gasteiger partial charge in [-0.15, -0.1) is 0 Å². The van der Waals surface area contributed by atoms with Crippen molar-refractivity contribution in [2.45, 2.75) is 18.8 Å². The van der Waals surface area contributed by atoms with Gasteiger partial charge in [0, 0.05) is 41.5 Å². The molecule has 5 nitrogen and oxygen atoms in total. The quantitative estimate of drug-likeness (QED) is 0.802. The Labute approximate surface area is 140 Å². The summed E-state index contributed by atoms with van der Waals surface area (Å²) in [6, 6.07) is 14.2. The number of nitrogens with two attached hydrogens (primary N) is 1. The first-order chi connectivity index (χ1) is 11.7. The molecule has 0 atom stereocenters. The Kier molecular flexibility index (Phi) is 3.31. The molecule has 118 valence electrons. The van der Waals surface area contributed by atoms with Gasteiger partial charge >= 0.3 is 0 Å². The van der Waals surface area contributed by atoms with Gasteiger partial charge in [0.15, 0.2) is 0 Å². The first kappa shape index (κ1) is 14.5. The average Bonchev–Trinajstić information content (AvgIpc) is 3.37. The number of nitrogens with zero attached hydrogens (tertiary/aromatic N) is 4. The number of aryl methyl sites for hydroxylation is 1. The summed E-state index contributed by atoms with van der Waals surface area (Å²) in [4.78, 5) is 4.43. The van der Waals surface area contributed by atoms with E-state index in [9.17, 15) is 5.26 Å². The van der Waals surface area contributed by atoms with Gasteiger partial charge in [-0.3, -0.25) is 4.68 Å². The highest BCUT2D eigenvalue weighted by Crippen LogP contribution is 2.42. The molecule has 4 rings (SSSR count). The molecule has 1 aliphatic carbocycles. The van der Waals surface area contributed by atoms with Gasteiger partial charge in [-0.05, 0) is 18.9 Å².